The highest BCUT2D eigenvalue weighted by Crippen LogP contribution is 2.30. The second-order valence-corrected chi connectivity index (χ2v) is 5.20. The molecule has 0 bridgehead atoms. The van der Waals surface area contributed by atoms with E-state index in [2.05, 4.69) is 15.9 Å². The fourth-order valence-corrected chi connectivity index (χ4v) is 2.88. The van der Waals surface area contributed by atoms with E-state index in [-0.39, 0.29) is 0 Å². The molecule has 1 aromatic carbocycles. The Bertz CT molecular complexity index is 464. The van der Waals surface area contributed by atoms with E-state index in [4.69, 9.17) is 4.74 Å². The molecular weight excluding hydrogens is 288 g/mol. The molecule has 0 amide bonds. The quantitative estimate of drug-likeness (QED) is 0.938. The standard InChI is InChI=1S/C12H11BrO2S/c1-15-10-4-2-8(3-5-10)12(14)11-6-9(13)7-16-11/h2-7,12,14H,1H3. The van der Waals surface area contributed by atoms with Crippen LogP contribution in [0.4, 0.5) is 0 Å². The molecule has 16 heavy (non-hydrogen) atoms. The van der Waals surface area contributed by atoms with Crippen LogP contribution in [0.25, 0.3) is 0 Å². The average molecular weight is 299 g/mol. The number of aliphatic hydroxyl groups excluding tert-OH is 1. The van der Waals surface area contributed by atoms with Crippen LogP contribution in [-0.4, -0.2) is 12.2 Å². The lowest BCUT2D eigenvalue weighted by Crippen LogP contribution is -1.96. The molecule has 1 N–H and O–H groups in total. The van der Waals surface area contributed by atoms with Crippen LogP contribution in [0.2, 0.25) is 0 Å². The maximum absolute atomic E-state index is 10.1. The molecule has 0 spiro atoms. The van der Waals surface area contributed by atoms with Crippen molar-refractivity contribution in [2.45, 2.75) is 6.10 Å². The average Bonchev–Trinajstić information content (AvgIpc) is 2.75. The third kappa shape index (κ3) is 2.45. The zero-order valence-electron chi connectivity index (χ0n) is 8.68. The number of benzene rings is 1. The molecule has 1 unspecified atom stereocenters. The van der Waals surface area contributed by atoms with Crippen LogP contribution in [-0.2, 0) is 0 Å². The van der Waals surface area contributed by atoms with Crippen LogP contribution in [0, 0.1) is 0 Å². The number of methoxy groups -OCH3 is 1. The fourth-order valence-electron chi connectivity index (χ4n) is 1.42. The number of aliphatic hydroxyl groups is 1. The predicted molar refractivity (Wildman–Crippen MR) is 69.1 cm³/mol. The van der Waals surface area contributed by atoms with E-state index >= 15 is 0 Å². The van der Waals surface area contributed by atoms with E-state index in [9.17, 15) is 5.11 Å². The second-order valence-electron chi connectivity index (χ2n) is 3.34. The molecule has 1 heterocycles. The van der Waals surface area contributed by atoms with Gasteiger partial charge >= 0.3 is 0 Å². The molecule has 84 valence electrons. The third-order valence-electron chi connectivity index (χ3n) is 2.29. The monoisotopic (exact) mass is 298 g/mol. The summed E-state index contributed by atoms with van der Waals surface area (Å²) in [6.45, 7) is 0. The van der Waals surface area contributed by atoms with Crippen molar-refractivity contribution in [3.63, 3.8) is 0 Å². The molecule has 0 aliphatic rings. The molecule has 2 nitrogen and oxygen atoms in total. The van der Waals surface area contributed by atoms with Crippen LogP contribution in [0.1, 0.15) is 16.5 Å². The molecule has 2 rings (SSSR count). The Morgan fingerprint density at radius 3 is 2.50 bits per heavy atom. The van der Waals surface area contributed by atoms with Crippen molar-refractivity contribution in [3.8, 4) is 5.75 Å². The number of halogens is 1. The smallest absolute Gasteiger partial charge is 0.118 e. The summed E-state index contributed by atoms with van der Waals surface area (Å²) in [5.41, 5.74) is 0.871. The first-order valence-corrected chi connectivity index (χ1v) is 6.44. The van der Waals surface area contributed by atoms with Crippen LogP contribution in [0.3, 0.4) is 0 Å². The summed E-state index contributed by atoms with van der Waals surface area (Å²) < 4.78 is 6.07. The van der Waals surface area contributed by atoms with Gasteiger partial charge in [-0.3, -0.25) is 0 Å². The van der Waals surface area contributed by atoms with E-state index < -0.39 is 6.10 Å². The van der Waals surface area contributed by atoms with Crippen molar-refractivity contribution >= 4 is 27.3 Å². The first-order valence-electron chi connectivity index (χ1n) is 4.76. The van der Waals surface area contributed by atoms with Crippen molar-refractivity contribution in [2.75, 3.05) is 7.11 Å². The van der Waals surface area contributed by atoms with Crippen molar-refractivity contribution in [1.29, 1.82) is 0 Å². The van der Waals surface area contributed by atoms with E-state index in [1.54, 1.807) is 7.11 Å². The summed E-state index contributed by atoms with van der Waals surface area (Å²) in [5.74, 6) is 0.795. The predicted octanol–water partition coefficient (Wildman–Crippen LogP) is 3.60. The summed E-state index contributed by atoms with van der Waals surface area (Å²) in [7, 11) is 1.63. The van der Waals surface area contributed by atoms with Gasteiger partial charge in [-0.1, -0.05) is 12.1 Å². The summed E-state index contributed by atoms with van der Waals surface area (Å²) in [6.07, 6.45) is -0.567. The topological polar surface area (TPSA) is 29.5 Å². The van der Waals surface area contributed by atoms with Gasteiger partial charge in [0, 0.05) is 14.7 Å². The maximum Gasteiger partial charge on any atom is 0.118 e. The maximum atomic E-state index is 10.1. The zero-order valence-corrected chi connectivity index (χ0v) is 11.1. The number of hydrogen-bond acceptors (Lipinski definition) is 3. The molecule has 0 fully saturated rings. The minimum absolute atomic E-state index is 0.567. The SMILES string of the molecule is COc1ccc(C(O)c2cc(Br)cs2)cc1. The highest BCUT2D eigenvalue weighted by molar-refractivity contribution is 9.10. The molecule has 0 aliphatic carbocycles. The van der Waals surface area contributed by atoms with Gasteiger partial charge in [-0.15, -0.1) is 11.3 Å². The first-order chi connectivity index (χ1) is 7.70. The first kappa shape index (κ1) is 11.6. The van der Waals surface area contributed by atoms with E-state index in [0.717, 1.165) is 20.7 Å². The lowest BCUT2D eigenvalue weighted by Gasteiger charge is -2.09. The zero-order chi connectivity index (χ0) is 11.5. The largest absolute Gasteiger partial charge is 0.497 e. The summed E-state index contributed by atoms with van der Waals surface area (Å²) >= 11 is 4.91. The molecular formula is C12H11BrO2S. The van der Waals surface area contributed by atoms with Crippen molar-refractivity contribution in [1.82, 2.24) is 0 Å². The molecule has 1 aromatic heterocycles. The van der Waals surface area contributed by atoms with Crippen molar-refractivity contribution in [2.24, 2.45) is 0 Å². The minimum Gasteiger partial charge on any atom is -0.497 e. The molecule has 0 aliphatic heterocycles. The molecule has 2 aromatic rings. The van der Waals surface area contributed by atoms with Gasteiger partial charge in [0.05, 0.1) is 7.11 Å². The van der Waals surface area contributed by atoms with Crippen LogP contribution < -0.4 is 4.74 Å². The Morgan fingerprint density at radius 1 is 1.31 bits per heavy atom. The van der Waals surface area contributed by atoms with Gasteiger partial charge in [0.1, 0.15) is 11.9 Å². The van der Waals surface area contributed by atoms with Gasteiger partial charge in [-0.05, 0) is 39.7 Å². The second kappa shape index (κ2) is 4.99. The summed E-state index contributed by atoms with van der Waals surface area (Å²) in [6, 6.07) is 9.37. The van der Waals surface area contributed by atoms with E-state index in [1.165, 1.54) is 11.3 Å². The number of rotatable bonds is 3. The Morgan fingerprint density at radius 2 is 2.00 bits per heavy atom. The lowest BCUT2D eigenvalue weighted by atomic mass is 10.1. The summed E-state index contributed by atoms with van der Waals surface area (Å²) in [4.78, 5) is 0.928. The highest BCUT2D eigenvalue weighted by Gasteiger charge is 2.12. The Kier molecular flexibility index (Phi) is 3.63. The van der Waals surface area contributed by atoms with Gasteiger partial charge in [-0.2, -0.15) is 0 Å². The Balaban J connectivity index is 2.23. The number of thiophene rings is 1. The summed E-state index contributed by atoms with van der Waals surface area (Å²) in [5, 5.41) is 12.1. The van der Waals surface area contributed by atoms with E-state index in [1.807, 2.05) is 35.7 Å². The Labute approximate surface area is 107 Å². The number of ether oxygens (including phenoxy) is 1. The molecule has 0 saturated heterocycles. The molecule has 0 saturated carbocycles. The van der Waals surface area contributed by atoms with Gasteiger partial charge < -0.3 is 9.84 Å². The lowest BCUT2D eigenvalue weighted by molar-refractivity contribution is 0.224. The Hall–Kier alpha value is -0.840. The molecule has 1 atom stereocenters. The van der Waals surface area contributed by atoms with Crippen molar-refractivity contribution < 1.29 is 9.84 Å². The molecule has 4 heteroatoms. The van der Waals surface area contributed by atoms with Crippen LogP contribution in [0.15, 0.2) is 40.2 Å². The highest BCUT2D eigenvalue weighted by atomic mass is 79.9. The van der Waals surface area contributed by atoms with Crippen LogP contribution >= 0.6 is 27.3 Å². The van der Waals surface area contributed by atoms with Crippen LogP contribution in [0.5, 0.6) is 5.75 Å². The van der Waals surface area contributed by atoms with Gasteiger partial charge in [0.25, 0.3) is 0 Å². The fraction of sp³-hybridized carbons (Fsp3) is 0.167. The van der Waals surface area contributed by atoms with Gasteiger partial charge in [0.15, 0.2) is 0 Å². The molecule has 0 radical (unpaired) electrons. The number of hydrogen-bond donors (Lipinski definition) is 1. The van der Waals surface area contributed by atoms with Gasteiger partial charge in [-0.25, -0.2) is 0 Å². The third-order valence-corrected chi connectivity index (χ3v) is 4.03. The minimum atomic E-state index is -0.567. The van der Waals surface area contributed by atoms with Gasteiger partial charge in [0.2, 0.25) is 0 Å². The van der Waals surface area contributed by atoms with E-state index in [0.29, 0.717) is 0 Å². The normalized spacial score (nSPS) is 12.4. The van der Waals surface area contributed by atoms with Crippen molar-refractivity contribution in [3.05, 3.63) is 50.6 Å².